The van der Waals surface area contributed by atoms with Gasteiger partial charge >= 0.3 is 0 Å². The van der Waals surface area contributed by atoms with Crippen LogP contribution in [-0.4, -0.2) is 46.4 Å². The van der Waals surface area contributed by atoms with Crippen molar-refractivity contribution in [3.8, 4) is 28.6 Å². The van der Waals surface area contributed by atoms with Gasteiger partial charge in [-0.1, -0.05) is 30.0 Å². The summed E-state index contributed by atoms with van der Waals surface area (Å²) in [5.74, 6) is 2.24. The Kier molecular flexibility index (Phi) is 7.28. The molecule has 2 aromatic carbocycles. The van der Waals surface area contributed by atoms with Gasteiger partial charge in [0.25, 0.3) is 5.91 Å². The average molecular weight is 478 g/mol. The van der Waals surface area contributed by atoms with Gasteiger partial charge in [0.05, 0.1) is 26.2 Å². The quantitative estimate of drug-likeness (QED) is 0.219. The Morgan fingerprint density at radius 2 is 1.85 bits per heavy atom. The summed E-state index contributed by atoms with van der Waals surface area (Å²) in [5, 5.41) is 13.4. The van der Waals surface area contributed by atoms with Crippen molar-refractivity contribution in [2.24, 2.45) is 5.10 Å². The number of ether oxygens (including phenoxy) is 2. The van der Waals surface area contributed by atoms with Crippen molar-refractivity contribution in [2.75, 3.05) is 20.0 Å². The number of hydrogen-bond acceptors (Lipinski definition) is 8. The molecule has 2 aromatic heterocycles. The maximum absolute atomic E-state index is 12.4. The second-order valence-electron chi connectivity index (χ2n) is 7.05. The summed E-state index contributed by atoms with van der Waals surface area (Å²) in [6.45, 7) is 1.76. The van der Waals surface area contributed by atoms with Gasteiger partial charge in [0, 0.05) is 11.3 Å². The number of carbonyl (C=O) groups excluding carboxylic acids is 1. The zero-order chi connectivity index (χ0) is 23.9. The van der Waals surface area contributed by atoms with E-state index in [1.807, 2.05) is 53.1 Å². The fourth-order valence-electron chi connectivity index (χ4n) is 3.18. The highest BCUT2D eigenvalue weighted by Crippen LogP contribution is 2.34. The van der Waals surface area contributed by atoms with Gasteiger partial charge in [-0.3, -0.25) is 9.36 Å². The molecule has 0 aliphatic carbocycles. The zero-order valence-electron chi connectivity index (χ0n) is 18.9. The number of para-hydroxylation sites is 1. The number of carbonyl (C=O) groups is 1. The summed E-state index contributed by atoms with van der Waals surface area (Å²) in [6, 6.07) is 18.8. The first-order valence-electron chi connectivity index (χ1n) is 10.3. The molecule has 10 heteroatoms. The van der Waals surface area contributed by atoms with Gasteiger partial charge in [0.2, 0.25) is 0 Å². The number of methoxy groups -OCH3 is 2. The first-order valence-corrected chi connectivity index (χ1v) is 11.3. The van der Waals surface area contributed by atoms with Crippen molar-refractivity contribution < 1.29 is 18.7 Å². The molecule has 0 aliphatic rings. The van der Waals surface area contributed by atoms with Crippen molar-refractivity contribution in [1.29, 1.82) is 0 Å². The number of hydrogen-bond donors (Lipinski definition) is 1. The predicted molar refractivity (Wildman–Crippen MR) is 130 cm³/mol. The maximum Gasteiger partial charge on any atom is 0.250 e. The van der Waals surface area contributed by atoms with Crippen molar-refractivity contribution in [1.82, 2.24) is 20.2 Å². The average Bonchev–Trinajstić information content (AvgIpc) is 3.56. The molecule has 1 amide bonds. The van der Waals surface area contributed by atoms with Gasteiger partial charge < -0.3 is 13.9 Å². The summed E-state index contributed by atoms with van der Waals surface area (Å²) in [4.78, 5) is 12.4. The third kappa shape index (κ3) is 5.12. The van der Waals surface area contributed by atoms with Gasteiger partial charge in [-0.25, -0.2) is 5.43 Å². The normalized spacial score (nSPS) is 11.3. The monoisotopic (exact) mass is 477 g/mol. The molecule has 9 nitrogen and oxygen atoms in total. The number of furan rings is 1. The Bertz CT molecular complexity index is 1290. The van der Waals surface area contributed by atoms with Crippen LogP contribution >= 0.6 is 11.8 Å². The minimum atomic E-state index is -0.272. The summed E-state index contributed by atoms with van der Waals surface area (Å²) in [7, 11) is 3.17. The van der Waals surface area contributed by atoms with Gasteiger partial charge in [0.1, 0.15) is 11.5 Å². The summed E-state index contributed by atoms with van der Waals surface area (Å²) < 4.78 is 18.0. The molecule has 0 radical (unpaired) electrons. The SMILES string of the molecule is COc1ccc(-c2nnc(SCC(=O)NN=C(C)c3ccco3)n2-c2ccccc2)cc1OC. The van der Waals surface area contributed by atoms with E-state index < -0.39 is 0 Å². The molecular formula is C24H23N5O4S. The first kappa shape index (κ1) is 23.1. The van der Waals surface area contributed by atoms with E-state index in [1.54, 1.807) is 39.5 Å². The lowest BCUT2D eigenvalue weighted by Gasteiger charge is -2.12. The minimum absolute atomic E-state index is 0.103. The molecule has 4 aromatic rings. The molecule has 0 bridgehead atoms. The van der Waals surface area contributed by atoms with E-state index in [2.05, 4.69) is 20.7 Å². The number of hydrazone groups is 1. The van der Waals surface area contributed by atoms with E-state index in [4.69, 9.17) is 13.9 Å². The summed E-state index contributed by atoms with van der Waals surface area (Å²) in [5.41, 5.74) is 4.79. The van der Waals surface area contributed by atoms with Crippen LogP contribution in [0.1, 0.15) is 12.7 Å². The Labute approximate surface area is 200 Å². The molecule has 34 heavy (non-hydrogen) atoms. The number of aromatic nitrogens is 3. The number of amides is 1. The van der Waals surface area contributed by atoms with Crippen LogP contribution < -0.4 is 14.9 Å². The lowest BCUT2D eigenvalue weighted by Crippen LogP contribution is -2.21. The summed E-state index contributed by atoms with van der Waals surface area (Å²) in [6.07, 6.45) is 1.55. The van der Waals surface area contributed by atoms with Gasteiger partial charge in [-0.15, -0.1) is 10.2 Å². The van der Waals surface area contributed by atoms with E-state index in [-0.39, 0.29) is 11.7 Å². The largest absolute Gasteiger partial charge is 0.493 e. The first-order chi connectivity index (χ1) is 16.6. The van der Waals surface area contributed by atoms with Crippen molar-refractivity contribution >= 4 is 23.4 Å². The molecule has 0 fully saturated rings. The Morgan fingerprint density at radius 3 is 2.56 bits per heavy atom. The van der Waals surface area contributed by atoms with Gasteiger partial charge in [-0.05, 0) is 49.4 Å². The van der Waals surface area contributed by atoms with Crippen LogP contribution in [0.25, 0.3) is 17.1 Å². The molecule has 0 aliphatic heterocycles. The van der Waals surface area contributed by atoms with Crippen LogP contribution in [0.3, 0.4) is 0 Å². The summed E-state index contributed by atoms with van der Waals surface area (Å²) >= 11 is 1.26. The van der Waals surface area contributed by atoms with Gasteiger partial charge in [0.15, 0.2) is 22.5 Å². The highest BCUT2D eigenvalue weighted by atomic mass is 32.2. The number of rotatable bonds is 9. The molecule has 1 N–H and O–H groups in total. The van der Waals surface area contributed by atoms with Gasteiger partial charge in [-0.2, -0.15) is 5.10 Å². The van der Waals surface area contributed by atoms with Crippen LogP contribution in [0.4, 0.5) is 0 Å². The van der Waals surface area contributed by atoms with E-state index in [9.17, 15) is 4.79 Å². The lowest BCUT2D eigenvalue weighted by molar-refractivity contribution is -0.118. The Hall–Kier alpha value is -4.05. The molecule has 0 saturated carbocycles. The van der Waals surface area contributed by atoms with Crippen molar-refractivity contribution in [3.63, 3.8) is 0 Å². The van der Waals surface area contributed by atoms with E-state index in [0.717, 1.165) is 11.3 Å². The molecule has 2 heterocycles. The number of benzene rings is 2. The third-order valence-electron chi connectivity index (χ3n) is 4.85. The fraction of sp³-hybridized carbons (Fsp3) is 0.167. The van der Waals surface area contributed by atoms with Crippen LogP contribution in [0, 0.1) is 0 Å². The highest BCUT2D eigenvalue weighted by molar-refractivity contribution is 7.99. The van der Waals surface area contributed by atoms with E-state index in [1.165, 1.54) is 11.8 Å². The minimum Gasteiger partial charge on any atom is -0.493 e. The standard InChI is InChI=1S/C24H23N5O4S/c1-16(19-10-7-13-33-19)25-26-22(30)15-34-24-28-27-23(29(24)18-8-5-4-6-9-18)17-11-12-20(31-2)21(14-17)32-3/h4-14H,15H2,1-3H3,(H,26,30). The second kappa shape index (κ2) is 10.7. The maximum atomic E-state index is 12.4. The topological polar surface area (TPSA) is 104 Å². The molecule has 0 spiro atoms. The molecule has 0 atom stereocenters. The molecule has 0 saturated heterocycles. The molecule has 0 unspecified atom stereocenters. The fourth-order valence-corrected chi connectivity index (χ4v) is 3.93. The van der Waals surface area contributed by atoms with Crippen LogP contribution in [0.2, 0.25) is 0 Å². The molecule has 174 valence electrons. The second-order valence-corrected chi connectivity index (χ2v) is 7.99. The number of nitrogens with zero attached hydrogens (tertiary/aromatic N) is 4. The van der Waals surface area contributed by atoms with Crippen LogP contribution in [-0.2, 0) is 4.79 Å². The zero-order valence-corrected chi connectivity index (χ0v) is 19.7. The van der Waals surface area contributed by atoms with Crippen LogP contribution in [0.5, 0.6) is 11.5 Å². The van der Waals surface area contributed by atoms with E-state index >= 15 is 0 Å². The molecule has 4 rings (SSSR count). The van der Waals surface area contributed by atoms with Crippen molar-refractivity contribution in [2.45, 2.75) is 12.1 Å². The predicted octanol–water partition coefficient (Wildman–Crippen LogP) is 4.18. The third-order valence-corrected chi connectivity index (χ3v) is 5.78. The molecular weight excluding hydrogens is 454 g/mol. The smallest absolute Gasteiger partial charge is 0.250 e. The lowest BCUT2D eigenvalue weighted by atomic mass is 10.2. The van der Waals surface area contributed by atoms with Crippen LogP contribution in [0.15, 0.2) is 81.6 Å². The van der Waals surface area contributed by atoms with Crippen molar-refractivity contribution in [3.05, 3.63) is 72.7 Å². The Balaban J connectivity index is 1.58. The van der Waals surface area contributed by atoms with E-state index in [0.29, 0.717) is 34.0 Å². The highest BCUT2D eigenvalue weighted by Gasteiger charge is 2.18. The number of thioether (sulfide) groups is 1. The Morgan fingerprint density at radius 1 is 1.06 bits per heavy atom. The number of nitrogens with one attached hydrogen (secondary N) is 1.